The first-order chi connectivity index (χ1) is 16.1. The van der Waals surface area contributed by atoms with E-state index >= 15 is 0 Å². The Bertz CT molecular complexity index is 1470. The van der Waals surface area contributed by atoms with Crippen LogP contribution in [0.25, 0.3) is 22.2 Å². The fourth-order valence-electron chi connectivity index (χ4n) is 3.59. The van der Waals surface area contributed by atoms with Gasteiger partial charge in [0, 0.05) is 26.2 Å². The third-order valence-electron chi connectivity index (χ3n) is 5.36. The standard InChI is InChI=1S/C24H22FN3O5S/c1-27-15-26-21-9-4-17(12-22(21)27)20-11-16(3-10-23(20)33-14-24(29)30)13-28(2)34(31,32)19-7-5-18(25)6-8-19/h3-12,15H,13-14H2,1-2H3,(H,29,30). The van der Waals surface area contributed by atoms with Crippen LogP contribution in [0.4, 0.5) is 4.39 Å². The van der Waals surface area contributed by atoms with Crippen molar-refractivity contribution in [3.05, 3.63) is 78.4 Å². The molecule has 0 spiro atoms. The van der Waals surface area contributed by atoms with Crippen molar-refractivity contribution in [2.45, 2.75) is 11.4 Å². The van der Waals surface area contributed by atoms with Crippen LogP contribution >= 0.6 is 0 Å². The summed E-state index contributed by atoms with van der Waals surface area (Å²) >= 11 is 0. The van der Waals surface area contributed by atoms with Crippen LogP contribution in [-0.4, -0.2) is 47.0 Å². The molecule has 0 fully saturated rings. The monoisotopic (exact) mass is 483 g/mol. The Kier molecular flexibility index (Phi) is 6.36. The normalized spacial score (nSPS) is 11.8. The highest BCUT2D eigenvalue weighted by Crippen LogP contribution is 2.33. The molecule has 3 aromatic carbocycles. The number of fused-ring (bicyclic) bond motifs is 1. The topological polar surface area (TPSA) is 102 Å². The summed E-state index contributed by atoms with van der Waals surface area (Å²) in [5, 5.41) is 9.04. The molecule has 0 atom stereocenters. The first kappa shape index (κ1) is 23.4. The third kappa shape index (κ3) is 4.78. The predicted octanol–water partition coefficient (Wildman–Crippen LogP) is 3.66. The average molecular weight is 484 g/mol. The number of aromatic nitrogens is 2. The summed E-state index contributed by atoms with van der Waals surface area (Å²) in [7, 11) is -0.537. The number of rotatable bonds is 8. The van der Waals surface area contributed by atoms with Gasteiger partial charge in [0.2, 0.25) is 10.0 Å². The zero-order chi connectivity index (χ0) is 24.5. The zero-order valence-corrected chi connectivity index (χ0v) is 19.3. The molecule has 1 aromatic heterocycles. The summed E-state index contributed by atoms with van der Waals surface area (Å²) in [6, 6.07) is 15.3. The van der Waals surface area contributed by atoms with Crippen LogP contribution in [0.15, 0.2) is 71.9 Å². The molecular formula is C24H22FN3O5S. The fraction of sp³-hybridized carbons (Fsp3) is 0.167. The lowest BCUT2D eigenvalue weighted by Gasteiger charge is -2.19. The highest BCUT2D eigenvalue weighted by molar-refractivity contribution is 7.89. The van der Waals surface area contributed by atoms with Gasteiger partial charge in [0.05, 0.1) is 22.3 Å². The molecule has 1 N–H and O–H groups in total. The van der Waals surface area contributed by atoms with E-state index in [2.05, 4.69) is 4.98 Å². The predicted molar refractivity (Wildman–Crippen MR) is 124 cm³/mol. The summed E-state index contributed by atoms with van der Waals surface area (Å²) < 4.78 is 47.6. The minimum Gasteiger partial charge on any atom is -0.481 e. The number of carboxylic acid groups (broad SMARTS) is 1. The Labute approximate surface area is 195 Å². The van der Waals surface area contributed by atoms with Crippen LogP contribution in [0.3, 0.4) is 0 Å². The number of aryl methyl sites for hydroxylation is 1. The van der Waals surface area contributed by atoms with Gasteiger partial charge in [-0.25, -0.2) is 22.6 Å². The maximum absolute atomic E-state index is 13.2. The molecule has 0 aliphatic carbocycles. The SMILES string of the molecule is CN(Cc1ccc(OCC(=O)O)c(-c2ccc3ncn(C)c3c2)c1)S(=O)(=O)c1ccc(F)cc1. The number of benzene rings is 3. The van der Waals surface area contributed by atoms with Crippen molar-refractivity contribution in [3.63, 3.8) is 0 Å². The molecule has 4 aromatic rings. The summed E-state index contributed by atoms with van der Waals surface area (Å²) in [6.07, 6.45) is 1.70. The van der Waals surface area contributed by atoms with Gasteiger partial charge in [0.15, 0.2) is 6.61 Å². The molecule has 176 valence electrons. The van der Waals surface area contributed by atoms with Gasteiger partial charge < -0.3 is 14.4 Å². The number of carbonyl (C=O) groups is 1. The van der Waals surface area contributed by atoms with Gasteiger partial charge in [0.25, 0.3) is 0 Å². The molecule has 0 unspecified atom stereocenters. The second kappa shape index (κ2) is 9.24. The average Bonchev–Trinajstić information content (AvgIpc) is 3.18. The van der Waals surface area contributed by atoms with Gasteiger partial charge in [-0.1, -0.05) is 12.1 Å². The van der Waals surface area contributed by atoms with Crippen molar-refractivity contribution >= 4 is 27.0 Å². The number of carboxylic acids is 1. The number of sulfonamides is 1. The van der Waals surface area contributed by atoms with E-state index in [-0.39, 0.29) is 11.4 Å². The fourth-order valence-corrected chi connectivity index (χ4v) is 4.75. The molecule has 0 aliphatic rings. The molecule has 0 saturated carbocycles. The number of nitrogens with zero attached hydrogens (tertiary/aromatic N) is 3. The van der Waals surface area contributed by atoms with Crippen LogP contribution in [0, 0.1) is 5.82 Å². The summed E-state index contributed by atoms with van der Waals surface area (Å²) in [6.45, 7) is -0.473. The van der Waals surface area contributed by atoms with Gasteiger partial charge in [-0.05, 0) is 59.7 Å². The Morgan fingerprint density at radius 2 is 1.85 bits per heavy atom. The number of ether oxygens (including phenoxy) is 1. The number of hydrogen-bond donors (Lipinski definition) is 1. The first-order valence-corrected chi connectivity index (χ1v) is 11.7. The smallest absolute Gasteiger partial charge is 0.341 e. The van der Waals surface area contributed by atoms with Crippen molar-refractivity contribution in [1.29, 1.82) is 0 Å². The maximum Gasteiger partial charge on any atom is 0.341 e. The first-order valence-electron chi connectivity index (χ1n) is 10.3. The Balaban J connectivity index is 1.70. The van der Waals surface area contributed by atoms with Gasteiger partial charge >= 0.3 is 5.97 Å². The summed E-state index contributed by atoms with van der Waals surface area (Å²) in [5.74, 6) is -1.27. The van der Waals surface area contributed by atoms with Gasteiger partial charge in [-0.3, -0.25) is 0 Å². The number of imidazole rings is 1. The van der Waals surface area contributed by atoms with Crippen LogP contribution < -0.4 is 4.74 Å². The van der Waals surface area contributed by atoms with Crippen molar-refractivity contribution in [2.24, 2.45) is 7.05 Å². The Morgan fingerprint density at radius 3 is 2.56 bits per heavy atom. The molecular weight excluding hydrogens is 461 g/mol. The highest BCUT2D eigenvalue weighted by atomic mass is 32.2. The number of aliphatic carboxylic acids is 1. The minimum atomic E-state index is -3.84. The summed E-state index contributed by atoms with van der Waals surface area (Å²) in [4.78, 5) is 15.3. The van der Waals surface area contributed by atoms with E-state index in [1.807, 2.05) is 29.8 Å². The minimum absolute atomic E-state index is 0.0142. The number of halogens is 1. The molecule has 0 bridgehead atoms. The zero-order valence-electron chi connectivity index (χ0n) is 18.5. The number of hydrogen-bond acceptors (Lipinski definition) is 5. The molecule has 8 nitrogen and oxygen atoms in total. The summed E-state index contributed by atoms with van der Waals surface area (Å²) in [5.41, 5.74) is 3.73. The van der Waals surface area contributed by atoms with Crippen LogP contribution in [0.5, 0.6) is 5.75 Å². The second-order valence-electron chi connectivity index (χ2n) is 7.79. The van der Waals surface area contributed by atoms with Gasteiger partial charge in [-0.2, -0.15) is 4.31 Å². The van der Waals surface area contributed by atoms with E-state index in [0.717, 1.165) is 28.7 Å². The van der Waals surface area contributed by atoms with E-state index in [9.17, 15) is 17.6 Å². The van der Waals surface area contributed by atoms with Crippen molar-refractivity contribution in [3.8, 4) is 16.9 Å². The van der Waals surface area contributed by atoms with Crippen LogP contribution in [0.2, 0.25) is 0 Å². The van der Waals surface area contributed by atoms with E-state index in [1.165, 1.54) is 23.5 Å². The molecule has 0 amide bonds. The maximum atomic E-state index is 13.2. The van der Waals surface area contributed by atoms with Crippen LogP contribution in [-0.2, 0) is 28.4 Å². The van der Waals surface area contributed by atoms with E-state index < -0.39 is 28.4 Å². The molecule has 34 heavy (non-hydrogen) atoms. The van der Waals surface area contributed by atoms with Crippen molar-refractivity contribution in [1.82, 2.24) is 13.9 Å². The second-order valence-corrected chi connectivity index (χ2v) is 9.83. The third-order valence-corrected chi connectivity index (χ3v) is 7.18. The Hall–Kier alpha value is -3.76. The lowest BCUT2D eigenvalue weighted by Crippen LogP contribution is -2.26. The largest absolute Gasteiger partial charge is 0.481 e. The molecule has 1 heterocycles. The molecule has 10 heteroatoms. The molecule has 0 radical (unpaired) electrons. The van der Waals surface area contributed by atoms with E-state index in [0.29, 0.717) is 16.9 Å². The lowest BCUT2D eigenvalue weighted by atomic mass is 10.0. The van der Waals surface area contributed by atoms with Crippen molar-refractivity contribution in [2.75, 3.05) is 13.7 Å². The lowest BCUT2D eigenvalue weighted by molar-refractivity contribution is -0.139. The van der Waals surface area contributed by atoms with Gasteiger partial charge in [0.1, 0.15) is 11.6 Å². The molecule has 4 rings (SSSR count). The molecule has 0 saturated heterocycles. The highest BCUT2D eigenvalue weighted by Gasteiger charge is 2.22. The Morgan fingerprint density at radius 1 is 1.12 bits per heavy atom. The van der Waals surface area contributed by atoms with E-state index in [4.69, 9.17) is 9.84 Å². The van der Waals surface area contributed by atoms with Crippen molar-refractivity contribution < 1.29 is 27.4 Å². The van der Waals surface area contributed by atoms with Gasteiger partial charge in [-0.15, -0.1) is 0 Å². The van der Waals surface area contributed by atoms with E-state index in [1.54, 1.807) is 24.5 Å². The quantitative estimate of drug-likeness (QED) is 0.410. The van der Waals surface area contributed by atoms with Crippen LogP contribution in [0.1, 0.15) is 5.56 Å². The molecule has 0 aliphatic heterocycles.